The van der Waals surface area contributed by atoms with Crippen molar-refractivity contribution in [2.75, 3.05) is 25.0 Å². The van der Waals surface area contributed by atoms with E-state index in [1.165, 1.54) is 17.7 Å². The molecule has 1 aliphatic carbocycles. The maximum absolute atomic E-state index is 12.0. The molecule has 1 aromatic heterocycles. The van der Waals surface area contributed by atoms with E-state index in [-0.39, 0.29) is 18.4 Å². The van der Waals surface area contributed by atoms with E-state index in [4.69, 9.17) is 0 Å². The van der Waals surface area contributed by atoms with Gasteiger partial charge in [-0.15, -0.1) is 11.3 Å². The maximum atomic E-state index is 12.0. The summed E-state index contributed by atoms with van der Waals surface area (Å²) in [4.78, 5) is 29.4. The highest BCUT2D eigenvalue weighted by Crippen LogP contribution is 2.31. The summed E-state index contributed by atoms with van der Waals surface area (Å²) in [5.74, 6) is 0.813. The van der Waals surface area contributed by atoms with Crippen LogP contribution in [0.3, 0.4) is 0 Å². The summed E-state index contributed by atoms with van der Waals surface area (Å²) >= 11 is 1.54. The molecular formula is C17H26N4O2S. The largest absolute Gasteiger partial charge is 0.347 e. The molecule has 24 heavy (non-hydrogen) atoms. The van der Waals surface area contributed by atoms with Crippen LogP contribution in [-0.2, 0) is 9.59 Å². The second-order valence-corrected chi connectivity index (χ2v) is 7.83. The second-order valence-electron chi connectivity index (χ2n) is 6.77. The highest BCUT2D eigenvalue weighted by Gasteiger charge is 2.20. The van der Waals surface area contributed by atoms with Gasteiger partial charge in [0.2, 0.25) is 11.8 Å². The summed E-state index contributed by atoms with van der Waals surface area (Å²) in [6.07, 6.45) is 9.37. The van der Waals surface area contributed by atoms with Crippen molar-refractivity contribution < 1.29 is 9.59 Å². The van der Waals surface area contributed by atoms with E-state index in [1.54, 1.807) is 11.3 Å². The van der Waals surface area contributed by atoms with Crippen molar-refractivity contribution in [1.82, 2.24) is 15.6 Å². The number of anilines is 1. The van der Waals surface area contributed by atoms with Gasteiger partial charge < -0.3 is 16.0 Å². The van der Waals surface area contributed by atoms with Crippen LogP contribution in [-0.4, -0.2) is 36.4 Å². The number of nitrogens with zero attached hydrogens (tertiary/aromatic N) is 1. The molecule has 0 spiro atoms. The van der Waals surface area contributed by atoms with Gasteiger partial charge >= 0.3 is 0 Å². The zero-order valence-electron chi connectivity index (χ0n) is 14.0. The van der Waals surface area contributed by atoms with Gasteiger partial charge in [0.1, 0.15) is 0 Å². The number of hydrogen-bond acceptors (Lipinski definition) is 5. The number of carbonyl (C=O) groups excluding carboxylic acids is 2. The molecular weight excluding hydrogens is 324 g/mol. The molecule has 2 fully saturated rings. The zero-order valence-corrected chi connectivity index (χ0v) is 14.8. The molecule has 0 bridgehead atoms. The second kappa shape index (κ2) is 8.58. The van der Waals surface area contributed by atoms with Crippen LogP contribution >= 0.6 is 11.3 Å². The number of rotatable bonds is 6. The van der Waals surface area contributed by atoms with E-state index in [2.05, 4.69) is 20.9 Å². The SMILES string of the molecule is O=C(CC1CCCC1)NCC(=O)Nc1ncc(C2CCNCC2)s1. The molecule has 1 saturated carbocycles. The number of carbonyl (C=O) groups is 2. The first kappa shape index (κ1) is 17.4. The topological polar surface area (TPSA) is 83.1 Å². The molecule has 0 atom stereocenters. The van der Waals surface area contributed by atoms with Gasteiger partial charge in [-0.1, -0.05) is 12.8 Å². The van der Waals surface area contributed by atoms with Crippen LogP contribution in [0.25, 0.3) is 0 Å². The third kappa shape index (κ3) is 5.01. The Hall–Kier alpha value is -1.47. The minimum atomic E-state index is -0.207. The van der Waals surface area contributed by atoms with E-state index in [0.717, 1.165) is 38.8 Å². The summed E-state index contributed by atoms with van der Waals surface area (Å²) in [6.45, 7) is 2.10. The van der Waals surface area contributed by atoms with Crippen molar-refractivity contribution in [2.45, 2.75) is 50.9 Å². The zero-order chi connectivity index (χ0) is 16.8. The molecule has 2 heterocycles. The summed E-state index contributed by atoms with van der Waals surface area (Å²) < 4.78 is 0. The first-order valence-electron chi connectivity index (χ1n) is 8.93. The summed E-state index contributed by atoms with van der Waals surface area (Å²) in [7, 11) is 0. The van der Waals surface area contributed by atoms with Crippen LogP contribution in [0, 0.1) is 5.92 Å². The van der Waals surface area contributed by atoms with Gasteiger partial charge in [-0.3, -0.25) is 9.59 Å². The molecule has 1 aromatic rings. The minimum Gasteiger partial charge on any atom is -0.347 e. The molecule has 3 rings (SSSR count). The Bertz CT molecular complexity index is 563. The molecule has 2 aliphatic rings. The third-order valence-electron chi connectivity index (χ3n) is 4.91. The average Bonchev–Trinajstić information content (AvgIpc) is 3.26. The quantitative estimate of drug-likeness (QED) is 0.735. The first-order valence-corrected chi connectivity index (χ1v) is 9.75. The fourth-order valence-electron chi connectivity index (χ4n) is 3.53. The Morgan fingerprint density at radius 2 is 1.92 bits per heavy atom. The highest BCUT2D eigenvalue weighted by atomic mass is 32.1. The van der Waals surface area contributed by atoms with Crippen LogP contribution in [0.2, 0.25) is 0 Å². The first-order chi connectivity index (χ1) is 11.7. The van der Waals surface area contributed by atoms with Crippen molar-refractivity contribution in [3.63, 3.8) is 0 Å². The maximum Gasteiger partial charge on any atom is 0.245 e. The lowest BCUT2D eigenvalue weighted by Gasteiger charge is -2.20. The molecule has 0 radical (unpaired) electrons. The average molecular weight is 350 g/mol. The lowest BCUT2D eigenvalue weighted by molar-refractivity contribution is -0.124. The van der Waals surface area contributed by atoms with Gasteiger partial charge in [-0.05, 0) is 50.6 Å². The van der Waals surface area contributed by atoms with Crippen molar-refractivity contribution in [3.05, 3.63) is 11.1 Å². The Morgan fingerprint density at radius 1 is 1.17 bits per heavy atom. The predicted molar refractivity (Wildman–Crippen MR) is 95.2 cm³/mol. The van der Waals surface area contributed by atoms with E-state index in [9.17, 15) is 9.59 Å². The number of hydrogen-bond donors (Lipinski definition) is 3. The number of aromatic nitrogens is 1. The smallest absolute Gasteiger partial charge is 0.245 e. The fraction of sp³-hybridized carbons (Fsp3) is 0.706. The van der Waals surface area contributed by atoms with Gasteiger partial charge in [0.05, 0.1) is 6.54 Å². The minimum absolute atomic E-state index is 0.0216. The van der Waals surface area contributed by atoms with Gasteiger partial charge in [0.15, 0.2) is 5.13 Å². The van der Waals surface area contributed by atoms with Gasteiger partial charge in [-0.25, -0.2) is 4.98 Å². The van der Waals surface area contributed by atoms with Gasteiger partial charge in [0.25, 0.3) is 0 Å². The monoisotopic (exact) mass is 350 g/mol. The molecule has 2 amide bonds. The number of nitrogens with one attached hydrogen (secondary N) is 3. The third-order valence-corrected chi connectivity index (χ3v) is 5.98. The lowest BCUT2D eigenvalue weighted by atomic mass is 9.97. The molecule has 6 nitrogen and oxygen atoms in total. The molecule has 7 heteroatoms. The van der Waals surface area contributed by atoms with Crippen molar-refractivity contribution in [2.24, 2.45) is 5.92 Å². The normalized spacial score (nSPS) is 19.3. The Balaban J connectivity index is 1.39. The van der Waals surface area contributed by atoms with Crippen LogP contribution in [0.4, 0.5) is 5.13 Å². The predicted octanol–water partition coefficient (Wildman–Crippen LogP) is 2.25. The molecule has 1 aliphatic heterocycles. The van der Waals surface area contributed by atoms with E-state index >= 15 is 0 Å². The molecule has 132 valence electrons. The van der Waals surface area contributed by atoms with Crippen LogP contribution in [0.5, 0.6) is 0 Å². The summed E-state index contributed by atoms with van der Waals surface area (Å²) in [5.41, 5.74) is 0. The number of thiazole rings is 1. The van der Waals surface area contributed by atoms with E-state index < -0.39 is 0 Å². The van der Waals surface area contributed by atoms with Gasteiger partial charge in [0, 0.05) is 17.5 Å². The Kier molecular flexibility index (Phi) is 6.20. The van der Waals surface area contributed by atoms with Gasteiger partial charge in [-0.2, -0.15) is 0 Å². The van der Waals surface area contributed by atoms with Crippen molar-refractivity contribution in [1.29, 1.82) is 0 Å². The van der Waals surface area contributed by atoms with Crippen molar-refractivity contribution in [3.8, 4) is 0 Å². The molecule has 1 saturated heterocycles. The molecule has 0 unspecified atom stereocenters. The fourth-order valence-corrected chi connectivity index (χ4v) is 4.53. The summed E-state index contributed by atoms with van der Waals surface area (Å²) in [5, 5.41) is 9.48. The Labute approximate surface area is 146 Å². The van der Waals surface area contributed by atoms with Crippen LogP contribution in [0.15, 0.2) is 6.20 Å². The molecule has 0 aromatic carbocycles. The molecule has 3 N–H and O–H groups in total. The Morgan fingerprint density at radius 3 is 2.67 bits per heavy atom. The standard InChI is InChI=1S/C17H26N4O2S/c22-15(9-12-3-1-2-4-12)19-11-16(23)21-17-20-10-14(24-17)13-5-7-18-8-6-13/h10,12-13,18H,1-9,11H2,(H,19,22)(H,20,21,23). The number of piperidine rings is 1. The number of amides is 2. The van der Waals surface area contributed by atoms with E-state index in [1.807, 2.05) is 6.20 Å². The van der Waals surface area contributed by atoms with Crippen molar-refractivity contribution >= 4 is 28.3 Å². The lowest BCUT2D eigenvalue weighted by Crippen LogP contribution is -2.33. The van der Waals surface area contributed by atoms with Crippen LogP contribution in [0.1, 0.15) is 55.7 Å². The summed E-state index contributed by atoms with van der Waals surface area (Å²) in [6, 6.07) is 0. The highest BCUT2D eigenvalue weighted by molar-refractivity contribution is 7.15. The van der Waals surface area contributed by atoms with E-state index in [0.29, 0.717) is 23.4 Å². The van der Waals surface area contributed by atoms with Crippen LogP contribution < -0.4 is 16.0 Å².